The van der Waals surface area contributed by atoms with Gasteiger partial charge in [-0.15, -0.1) is 23.2 Å². The van der Waals surface area contributed by atoms with Crippen molar-refractivity contribution < 1.29 is 28.1 Å². The third-order valence-electron chi connectivity index (χ3n) is 1.66. The van der Waals surface area contributed by atoms with E-state index in [1.807, 2.05) is 0 Å². The van der Waals surface area contributed by atoms with Gasteiger partial charge in [0, 0.05) is 23.6 Å². The molecule has 0 aromatic carbocycles. The molecule has 0 fully saturated rings. The van der Waals surface area contributed by atoms with E-state index in [2.05, 4.69) is 4.74 Å². The molecule has 0 saturated heterocycles. The first-order valence-corrected chi connectivity index (χ1v) is 7.83. The van der Waals surface area contributed by atoms with E-state index in [0.717, 1.165) is 6.92 Å². The number of nitrogens with zero attached hydrogens (tertiary/aromatic N) is 1. The molecule has 1 unspecified atom stereocenters. The summed E-state index contributed by atoms with van der Waals surface area (Å²) >= 11 is 10.8. The fourth-order valence-corrected chi connectivity index (χ4v) is 3.13. The highest BCUT2D eigenvalue weighted by Gasteiger charge is 2.42. The van der Waals surface area contributed by atoms with Gasteiger partial charge in [-0.3, -0.25) is 19.5 Å². The van der Waals surface area contributed by atoms with E-state index < -0.39 is 30.9 Å². The minimum Gasteiger partial charge on any atom is -0.442 e. The molecule has 0 saturated carbocycles. The second-order valence-corrected chi connectivity index (χ2v) is 6.09. The highest BCUT2D eigenvalue weighted by atomic mass is 35.5. The molecule has 0 rings (SSSR count). The average molecular weight is 338 g/mol. The second kappa shape index (κ2) is 9.50. The quantitative estimate of drug-likeness (QED) is 0.197. The van der Waals surface area contributed by atoms with Crippen LogP contribution in [0.3, 0.4) is 0 Å². The molecule has 0 N–H and O–H groups in total. The van der Waals surface area contributed by atoms with Crippen molar-refractivity contribution >= 4 is 36.8 Å². The van der Waals surface area contributed by atoms with Crippen molar-refractivity contribution in [1.29, 1.82) is 0 Å². The Morgan fingerprint density at radius 1 is 1.32 bits per heavy atom. The lowest BCUT2D eigenvalue weighted by atomic mass is 10.7. The summed E-state index contributed by atoms with van der Waals surface area (Å²) in [6.07, 6.45) is 0. The molecule has 0 heterocycles. The summed E-state index contributed by atoms with van der Waals surface area (Å²) in [4.78, 5) is 20.6. The monoisotopic (exact) mass is 337 g/mol. The van der Waals surface area contributed by atoms with Crippen LogP contribution in [0.15, 0.2) is 0 Å². The van der Waals surface area contributed by atoms with Gasteiger partial charge in [-0.05, 0) is 0 Å². The van der Waals surface area contributed by atoms with Crippen molar-refractivity contribution in [2.45, 2.75) is 12.8 Å². The third-order valence-corrected chi connectivity index (χ3v) is 4.02. The van der Waals surface area contributed by atoms with E-state index >= 15 is 0 Å². The van der Waals surface area contributed by atoms with Gasteiger partial charge in [0.2, 0.25) is 0 Å². The van der Waals surface area contributed by atoms with E-state index in [0.29, 0.717) is 0 Å². The van der Waals surface area contributed by atoms with Crippen molar-refractivity contribution in [3.05, 3.63) is 10.1 Å². The number of carbonyl (C=O) groups is 1. The number of halogens is 2. The topological polar surface area (TPSA) is 105 Å². The number of nitro groups is 1. The normalized spacial score (nSPS) is 13.0. The summed E-state index contributed by atoms with van der Waals surface area (Å²) in [6.45, 7) is -0.213. The Kier molecular flexibility index (Phi) is 9.30. The van der Waals surface area contributed by atoms with Crippen LogP contribution in [-0.4, -0.2) is 48.3 Å². The molecule has 0 radical (unpaired) electrons. The number of rotatable bonds is 10. The maximum Gasteiger partial charge on any atom is 0.377 e. The lowest BCUT2D eigenvalue weighted by Gasteiger charge is -2.23. The van der Waals surface area contributed by atoms with Crippen LogP contribution in [0.5, 0.6) is 0 Å². The van der Waals surface area contributed by atoms with Crippen LogP contribution >= 0.6 is 30.8 Å². The van der Waals surface area contributed by atoms with Crippen LogP contribution < -0.4 is 0 Å². The van der Waals surface area contributed by atoms with Crippen molar-refractivity contribution in [2.24, 2.45) is 0 Å². The Balaban J connectivity index is 5.02. The predicted molar refractivity (Wildman–Crippen MR) is 68.4 cm³/mol. The Labute approximate surface area is 120 Å². The van der Waals surface area contributed by atoms with Gasteiger partial charge >= 0.3 is 13.6 Å². The van der Waals surface area contributed by atoms with Crippen LogP contribution in [-0.2, 0) is 23.1 Å². The molecule has 19 heavy (non-hydrogen) atoms. The number of hydrogen-bond acceptors (Lipinski definition) is 7. The lowest BCUT2D eigenvalue weighted by Crippen LogP contribution is -2.28. The SMILES string of the molecule is CC(=O)OC(C[N+](=O)[O-])P(=O)(OCCCl)OCCCl. The van der Waals surface area contributed by atoms with Crippen LogP contribution in [0, 0.1) is 10.1 Å². The van der Waals surface area contributed by atoms with Crippen LogP contribution in [0.2, 0.25) is 0 Å². The zero-order chi connectivity index (χ0) is 14.9. The van der Waals surface area contributed by atoms with Crippen molar-refractivity contribution in [1.82, 2.24) is 0 Å². The summed E-state index contributed by atoms with van der Waals surface area (Å²) in [5.74, 6) is -2.47. The van der Waals surface area contributed by atoms with E-state index in [-0.39, 0.29) is 25.0 Å². The molecular weight excluding hydrogens is 324 g/mol. The molecule has 112 valence electrons. The number of carbonyl (C=O) groups excluding carboxylic acids is 1. The Morgan fingerprint density at radius 3 is 2.11 bits per heavy atom. The Bertz CT molecular complexity index is 326. The highest BCUT2D eigenvalue weighted by molar-refractivity contribution is 7.54. The van der Waals surface area contributed by atoms with Gasteiger partial charge in [-0.1, -0.05) is 0 Å². The Hall–Kier alpha value is -0.400. The largest absolute Gasteiger partial charge is 0.442 e. The fraction of sp³-hybridized carbons (Fsp3) is 0.875. The molecule has 0 amide bonds. The fourth-order valence-electron chi connectivity index (χ4n) is 1.05. The maximum atomic E-state index is 12.4. The van der Waals surface area contributed by atoms with E-state index in [9.17, 15) is 19.5 Å². The maximum absolute atomic E-state index is 12.4. The third kappa shape index (κ3) is 7.69. The molecule has 11 heteroatoms. The highest BCUT2D eigenvalue weighted by Crippen LogP contribution is 2.53. The number of hydrogen-bond donors (Lipinski definition) is 0. The lowest BCUT2D eigenvalue weighted by molar-refractivity contribution is -0.486. The summed E-state index contributed by atoms with van der Waals surface area (Å²) in [6, 6.07) is 0. The van der Waals surface area contributed by atoms with Gasteiger partial charge in [0.25, 0.3) is 12.4 Å². The van der Waals surface area contributed by atoms with Crippen molar-refractivity contribution in [3.63, 3.8) is 0 Å². The second-order valence-electron chi connectivity index (χ2n) is 3.16. The Morgan fingerprint density at radius 2 is 1.79 bits per heavy atom. The molecule has 0 aliphatic rings. The van der Waals surface area contributed by atoms with Gasteiger partial charge in [0.1, 0.15) is 0 Å². The van der Waals surface area contributed by atoms with Gasteiger partial charge in [0.15, 0.2) is 0 Å². The summed E-state index contributed by atoms with van der Waals surface area (Å²) in [5.41, 5.74) is 0. The zero-order valence-electron chi connectivity index (χ0n) is 10.1. The number of ether oxygens (including phenoxy) is 1. The molecule has 0 aliphatic heterocycles. The van der Waals surface area contributed by atoms with E-state index in [1.54, 1.807) is 0 Å². The first-order chi connectivity index (χ1) is 8.85. The molecule has 0 aliphatic carbocycles. The number of esters is 1. The summed E-state index contributed by atoms with van der Waals surface area (Å²) in [5, 5.41) is 10.5. The predicted octanol–water partition coefficient (Wildman–Crippen LogP) is 1.86. The zero-order valence-corrected chi connectivity index (χ0v) is 12.5. The first-order valence-electron chi connectivity index (χ1n) is 5.15. The van der Waals surface area contributed by atoms with Crippen LogP contribution in [0.4, 0.5) is 0 Å². The van der Waals surface area contributed by atoms with Crippen molar-refractivity contribution in [2.75, 3.05) is 31.5 Å². The molecule has 0 bridgehead atoms. The van der Waals surface area contributed by atoms with Crippen LogP contribution in [0.25, 0.3) is 0 Å². The molecule has 8 nitrogen and oxygen atoms in total. The minimum atomic E-state index is -4.02. The van der Waals surface area contributed by atoms with Gasteiger partial charge in [-0.25, -0.2) is 0 Å². The molecule has 0 aromatic heterocycles. The molecule has 0 spiro atoms. The minimum absolute atomic E-state index is 0.000515. The van der Waals surface area contributed by atoms with Crippen molar-refractivity contribution in [3.8, 4) is 0 Å². The molecule has 1 atom stereocenters. The van der Waals surface area contributed by atoms with Crippen LogP contribution in [0.1, 0.15) is 6.92 Å². The summed E-state index contributed by atoms with van der Waals surface area (Å²) < 4.78 is 26.8. The molecule has 0 aromatic rings. The molecular formula is C8H14Cl2NO7P. The van der Waals surface area contributed by atoms with E-state index in [4.69, 9.17) is 32.2 Å². The van der Waals surface area contributed by atoms with Gasteiger partial charge < -0.3 is 13.8 Å². The number of alkyl halides is 2. The van der Waals surface area contributed by atoms with Gasteiger partial charge in [0.05, 0.1) is 13.2 Å². The average Bonchev–Trinajstić information content (AvgIpc) is 2.32. The van der Waals surface area contributed by atoms with Gasteiger partial charge in [-0.2, -0.15) is 0 Å². The summed E-state index contributed by atoms with van der Waals surface area (Å²) in [7, 11) is -4.02. The van der Waals surface area contributed by atoms with E-state index in [1.165, 1.54) is 0 Å². The first kappa shape index (κ1) is 18.6. The smallest absolute Gasteiger partial charge is 0.377 e. The standard InChI is InChI=1S/C8H14Cl2NO7P/c1-7(12)18-8(6-11(13)14)19(15,16-4-2-9)17-5-3-10/h8H,2-6H2,1H3.